The molecule has 0 radical (unpaired) electrons. The maximum absolute atomic E-state index is 12.8. The van der Waals surface area contributed by atoms with Crippen LogP contribution in [0.1, 0.15) is 265 Å². The number of carbonyl (C=O) groups excluding carboxylic acids is 2. The van der Waals surface area contributed by atoms with Crippen LogP contribution in [0.15, 0.2) is 0 Å². The van der Waals surface area contributed by atoms with Gasteiger partial charge in [-0.1, -0.05) is 175 Å². The van der Waals surface area contributed by atoms with Crippen LogP contribution in [0.25, 0.3) is 0 Å². The molecule has 0 heterocycles. The highest BCUT2D eigenvalue weighted by atomic mass is 16.5. The predicted octanol–water partition coefficient (Wildman–Crippen LogP) is 14.8. The van der Waals surface area contributed by atoms with Crippen LogP contribution >= 0.6 is 0 Å². The van der Waals surface area contributed by atoms with Crippen molar-refractivity contribution in [2.24, 2.45) is 11.8 Å². The molecule has 1 saturated carbocycles. The number of unbranched alkanes of at least 4 members (excludes halogenated alkanes) is 21. The van der Waals surface area contributed by atoms with Gasteiger partial charge in [0.15, 0.2) is 0 Å². The SMILES string of the molecule is CCCCCCCCC(CCCCCC)COC(=O)CCCCCN(CCCCCC(=O)OCC(CCCCCC)CCCCCCCC)CCN(CCCCO)C1CCC1. The van der Waals surface area contributed by atoms with Crippen molar-refractivity contribution in [3.05, 3.63) is 0 Å². The second-order valence-electron chi connectivity index (χ2n) is 19.4. The molecule has 362 valence electrons. The highest BCUT2D eigenvalue weighted by molar-refractivity contribution is 5.69. The maximum atomic E-state index is 12.8. The number of aliphatic hydroxyl groups excluding tert-OH is 1. The third-order valence-corrected chi connectivity index (χ3v) is 13.7. The fourth-order valence-corrected chi connectivity index (χ4v) is 9.16. The van der Waals surface area contributed by atoms with Gasteiger partial charge in [0.1, 0.15) is 0 Å². The highest BCUT2D eigenvalue weighted by Crippen LogP contribution is 2.25. The standard InChI is InChI=1S/C54H106N2O5/c1-5-9-13-17-19-25-36-50(34-23-15-11-7-3)48-60-53(58)40-27-21-29-42-55(45-46-56(44-31-32-47-57)52-38-33-39-52)43-30-22-28-41-54(59)61-49-51(35-24-16-12-8-4)37-26-20-18-14-10-6-2/h50-52,57H,5-49H2,1-4H3. The van der Waals surface area contributed by atoms with E-state index in [1.165, 1.54) is 173 Å². The lowest BCUT2D eigenvalue weighted by Crippen LogP contribution is -2.45. The molecule has 0 bridgehead atoms. The molecule has 1 fully saturated rings. The summed E-state index contributed by atoms with van der Waals surface area (Å²) in [5.41, 5.74) is 0. The summed E-state index contributed by atoms with van der Waals surface area (Å²) in [5.74, 6) is 1.03. The first-order valence-electron chi connectivity index (χ1n) is 27.4. The first-order chi connectivity index (χ1) is 30.0. The van der Waals surface area contributed by atoms with Gasteiger partial charge >= 0.3 is 11.9 Å². The molecule has 0 spiro atoms. The van der Waals surface area contributed by atoms with Gasteiger partial charge in [0, 0.05) is 38.6 Å². The molecule has 0 aliphatic heterocycles. The topological polar surface area (TPSA) is 79.3 Å². The van der Waals surface area contributed by atoms with Crippen LogP contribution in [0.2, 0.25) is 0 Å². The minimum Gasteiger partial charge on any atom is -0.465 e. The van der Waals surface area contributed by atoms with Crippen molar-refractivity contribution in [2.45, 2.75) is 271 Å². The Kier molecular flexibility index (Phi) is 41.8. The van der Waals surface area contributed by atoms with Gasteiger partial charge in [-0.15, -0.1) is 0 Å². The van der Waals surface area contributed by atoms with E-state index in [4.69, 9.17) is 9.47 Å². The smallest absolute Gasteiger partial charge is 0.305 e. The van der Waals surface area contributed by atoms with E-state index in [1.54, 1.807) is 0 Å². The van der Waals surface area contributed by atoms with Crippen molar-refractivity contribution in [1.82, 2.24) is 9.80 Å². The van der Waals surface area contributed by atoms with Gasteiger partial charge in [-0.05, 0) is 109 Å². The zero-order valence-corrected chi connectivity index (χ0v) is 41.5. The summed E-state index contributed by atoms with van der Waals surface area (Å²) < 4.78 is 11.8. The van der Waals surface area contributed by atoms with Crippen molar-refractivity contribution in [3.63, 3.8) is 0 Å². The third-order valence-electron chi connectivity index (χ3n) is 13.7. The summed E-state index contributed by atoms with van der Waals surface area (Å²) in [4.78, 5) is 31.0. The second-order valence-corrected chi connectivity index (χ2v) is 19.4. The monoisotopic (exact) mass is 863 g/mol. The second kappa shape index (κ2) is 44.0. The summed E-state index contributed by atoms with van der Waals surface area (Å²) in [7, 11) is 0. The third kappa shape index (κ3) is 35.8. The fourth-order valence-electron chi connectivity index (χ4n) is 9.16. The molecular weight excluding hydrogens is 757 g/mol. The minimum absolute atomic E-state index is 0.00351. The molecule has 1 aliphatic carbocycles. The van der Waals surface area contributed by atoms with Crippen LogP contribution in [-0.2, 0) is 19.1 Å². The van der Waals surface area contributed by atoms with Gasteiger partial charge in [-0.25, -0.2) is 0 Å². The number of aliphatic hydroxyl groups is 1. The molecule has 0 aromatic rings. The van der Waals surface area contributed by atoms with Gasteiger partial charge in [0.05, 0.1) is 13.2 Å². The number of hydrogen-bond acceptors (Lipinski definition) is 7. The lowest BCUT2D eigenvalue weighted by Gasteiger charge is -2.39. The molecular formula is C54H106N2O5. The molecule has 0 saturated heterocycles. The van der Waals surface area contributed by atoms with Gasteiger partial charge < -0.3 is 19.5 Å². The maximum Gasteiger partial charge on any atom is 0.305 e. The molecule has 0 aromatic heterocycles. The van der Waals surface area contributed by atoms with E-state index in [2.05, 4.69) is 37.5 Å². The Balaban J connectivity index is 2.53. The first-order valence-corrected chi connectivity index (χ1v) is 27.4. The van der Waals surface area contributed by atoms with Crippen molar-refractivity contribution in [3.8, 4) is 0 Å². The van der Waals surface area contributed by atoms with Gasteiger partial charge in [0.2, 0.25) is 0 Å². The van der Waals surface area contributed by atoms with Gasteiger partial charge in [-0.3, -0.25) is 14.5 Å². The van der Waals surface area contributed by atoms with E-state index >= 15 is 0 Å². The molecule has 1 N–H and O–H groups in total. The fraction of sp³-hybridized carbons (Fsp3) is 0.963. The molecule has 0 amide bonds. The van der Waals surface area contributed by atoms with E-state index in [0.29, 0.717) is 43.9 Å². The molecule has 2 atom stereocenters. The molecule has 7 nitrogen and oxygen atoms in total. The molecule has 7 heteroatoms. The van der Waals surface area contributed by atoms with E-state index in [-0.39, 0.29) is 18.5 Å². The average molecular weight is 863 g/mol. The largest absolute Gasteiger partial charge is 0.465 e. The van der Waals surface area contributed by atoms with Crippen LogP contribution in [0, 0.1) is 11.8 Å². The summed E-state index contributed by atoms with van der Waals surface area (Å²) in [6.07, 6.45) is 43.9. The van der Waals surface area contributed by atoms with Crippen molar-refractivity contribution >= 4 is 11.9 Å². The Morgan fingerprint density at radius 3 is 1.23 bits per heavy atom. The number of ether oxygens (including phenoxy) is 2. The van der Waals surface area contributed by atoms with Crippen LogP contribution in [0.5, 0.6) is 0 Å². The Morgan fingerprint density at radius 2 is 0.836 bits per heavy atom. The van der Waals surface area contributed by atoms with Crippen LogP contribution < -0.4 is 0 Å². The predicted molar refractivity (Wildman–Crippen MR) is 261 cm³/mol. The first kappa shape index (κ1) is 57.8. The number of carbonyl (C=O) groups is 2. The van der Waals surface area contributed by atoms with Crippen LogP contribution in [0.4, 0.5) is 0 Å². The van der Waals surface area contributed by atoms with E-state index in [0.717, 1.165) is 84.1 Å². The normalized spacial score (nSPS) is 14.1. The molecule has 0 aromatic carbocycles. The Labute approximate surface area is 380 Å². The van der Waals surface area contributed by atoms with Crippen molar-refractivity contribution in [2.75, 3.05) is 52.5 Å². The minimum atomic E-state index is -0.00351. The Hall–Kier alpha value is -1.18. The number of rotatable bonds is 48. The Bertz CT molecular complexity index is 886. The molecule has 1 aliphatic rings. The van der Waals surface area contributed by atoms with Crippen molar-refractivity contribution in [1.29, 1.82) is 0 Å². The number of esters is 2. The molecule has 1 rings (SSSR count). The number of nitrogens with zero attached hydrogens (tertiary/aromatic N) is 2. The summed E-state index contributed by atoms with van der Waals surface area (Å²) in [6.45, 7) is 15.9. The zero-order valence-electron chi connectivity index (χ0n) is 41.5. The van der Waals surface area contributed by atoms with Crippen LogP contribution in [0.3, 0.4) is 0 Å². The quantitative estimate of drug-likeness (QED) is 0.0482. The Morgan fingerprint density at radius 1 is 0.459 bits per heavy atom. The lowest BCUT2D eigenvalue weighted by atomic mass is 9.91. The van der Waals surface area contributed by atoms with Crippen molar-refractivity contribution < 1.29 is 24.2 Å². The average Bonchev–Trinajstić information content (AvgIpc) is 3.24. The van der Waals surface area contributed by atoms with Gasteiger partial charge in [-0.2, -0.15) is 0 Å². The van der Waals surface area contributed by atoms with E-state index in [9.17, 15) is 14.7 Å². The molecule has 2 unspecified atom stereocenters. The summed E-state index contributed by atoms with van der Waals surface area (Å²) in [6, 6.07) is 0.709. The van der Waals surface area contributed by atoms with Gasteiger partial charge in [0.25, 0.3) is 0 Å². The summed E-state index contributed by atoms with van der Waals surface area (Å²) in [5, 5.41) is 9.40. The highest BCUT2D eigenvalue weighted by Gasteiger charge is 2.25. The summed E-state index contributed by atoms with van der Waals surface area (Å²) >= 11 is 0. The lowest BCUT2D eigenvalue weighted by molar-refractivity contribution is -0.146. The van der Waals surface area contributed by atoms with E-state index < -0.39 is 0 Å². The number of hydrogen-bond donors (Lipinski definition) is 1. The molecule has 61 heavy (non-hydrogen) atoms. The van der Waals surface area contributed by atoms with Crippen LogP contribution in [-0.4, -0.2) is 85.4 Å². The zero-order chi connectivity index (χ0) is 44.3. The van der Waals surface area contributed by atoms with E-state index in [1.807, 2.05) is 0 Å².